The maximum absolute atomic E-state index is 12.4. The summed E-state index contributed by atoms with van der Waals surface area (Å²) in [6.07, 6.45) is 2.14. The van der Waals surface area contributed by atoms with Gasteiger partial charge in [-0.15, -0.1) is 0 Å². The summed E-state index contributed by atoms with van der Waals surface area (Å²) in [4.78, 5) is 37.8. The van der Waals surface area contributed by atoms with E-state index in [0.717, 1.165) is 12.8 Å². The van der Waals surface area contributed by atoms with Gasteiger partial charge in [-0.25, -0.2) is 4.79 Å². The van der Waals surface area contributed by atoms with Gasteiger partial charge in [0.05, 0.1) is 0 Å². The average molecular weight is 341 g/mol. The fourth-order valence-corrected chi connectivity index (χ4v) is 2.55. The van der Waals surface area contributed by atoms with Crippen molar-refractivity contribution >= 4 is 17.9 Å². The molecule has 1 saturated heterocycles. The minimum Gasteiger partial charge on any atom is -0.444 e. The monoisotopic (exact) mass is 341 g/mol. The zero-order chi connectivity index (χ0) is 18.3. The molecule has 0 aliphatic carbocycles. The van der Waals surface area contributed by atoms with Crippen molar-refractivity contribution in [3.8, 4) is 0 Å². The van der Waals surface area contributed by atoms with Crippen molar-refractivity contribution in [2.75, 3.05) is 13.1 Å². The highest BCUT2D eigenvalue weighted by Gasteiger charge is 2.34. The van der Waals surface area contributed by atoms with Gasteiger partial charge in [0.2, 0.25) is 11.8 Å². The number of hydrogen-bond acceptors (Lipinski definition) is 4. The quantitative estimate of drug-likeness (QED) is 0.798. The maximum Gasteiger partial charge on any atom is 0.410 e. The van der Waals surface area contributed by atoms with Gasteiger partial charge in [0.15, 0.2) is 0 Å². The predicted molar refractivity (Wildman–Crippen MR) is 91.5 cm³/mol. The molecule has 0 aromatic carbocycles. The molecule has 7 heteroatoms. The minimum atomic E-state index is -0.593. The first-order valence-corrected chi connectivity index (χ1v) is 8.67. The molecular weight excluding hydrogens is 310 g/mol. The average Bonchev–Trinajstić information content (AvgIpc) is 2.44. The highest BCUT2D eigenvalue weighted by Crippen LogP contribution is 2.20. The van der Waals surface area contributed by atoms with Crippen LogP contribution in [0.2, 0.25) is 0 Å². The van der Waals surface area contributed by atoms with Crippen molar-refractivity contribution < 1.29 is 19.1 Å². The van der Waals surface area contributed by atoms with E-state index in [9.17, 15) is 14.4 Å². The number of nitrogens with one attached hydrogen (secondary N) is 2. The molecule has 0 saturated carbocycles. The van der Waals surface area contributed by atoms with Gasteiger partial charge in [-0.1, -0.05) is 0 Å². The third kappa shape index (κ3) is 7.19. The Kier molecular flexibility index (Phi) is 7.51. The van der Waals surface area contributed by atoms with Gasteiger partial charge in [0, 0.05) is 25.6 Å². The number of carbonyl (C=O) groups is 3. The number of hydrogen-bond donors (Lipinski definition) is 2. The molecule has 0 aromatic heterocycles. The molecular formula is C17H31N3O4. The molecule has 1 atom stereocenters. The Balaban J connectivity index is 2.53. The fourth-order valence-electron chi connectivity index (χ4n) is 2.55. The van der Waals surface area contributed by atoms with Gasteiger partial charge in [-0.2, -0.15) is 0 Å². The van der Waals surface area contributed by atoms with Gasteiger partial charge >= 0.3 is 6.09 Å². The van der Waals surface area contributed by atoms with Gasteiger partial charge in [-0.05, 0) is 53.9 Å². The van der Waals surface area contributed by atoms with Crippen molar-refractivity contribution in [2.24, 2.45) is 0 Å². The van der Waals surface area contributed by atoms with Crippen LogP contribution in [0.5, 0.6) is 0 Å². The molecule has 0 radical (unpaired) electrons. The van der Waals surface area contributed by atoms with Crippen LogP contribution in [0.4, 0.5) is 4.79 Å². The minimum absolute atomic E-state index is 0.0780. The Morgan fingerprint density at radius 2 is 1.88 bits per heavy atom. The molecule has 2 N–H and O–H groups in total. The van der Waals surface area contributed by atoms with Crippen LogP contribution < -0.4 is 10.6 Å². The van der Waals surface area contributed by atoms with Crippen LogP contribution in [0.1, 0.15) is 60.3 Å². The van der Waals surface area contributed by atoms with Crippen molar-refractivity contribution in [3.05, 3.63) is 0 Å². The fraction of sp³-hybridized carbons (Fsp3) is 0.824. The first-order valence-electron chi connectivity index (χ1n) is 8.67. The summed E-state index contributed by atoms with van der Waals surface area (Å²) in [7, 11) is 0. The van der Waals surface area contributed by atoms with Crippen LogP contribution >= 0.6 is 0 Å². The van der Waals surface area contributed by atoms with Crippen LogP contribution in [0.15, 0.2) is 0 Å². The summed E-state index contributed by atoms with van der Waals surface area (Å²) in [6, 6.07) is -0.448. The molecule has 0 spiro atoms. The summed E-state index contributed by atoms with van der Waals surface area (Å²) < 4.78 is 5.39. The third-order valence-electron chi connectivity index (χ3n) is 3.53. The lowest BCUT2D eigenvalue weighted by Crippen LogP contribution is -2.53. The predicted octanol–water partition coefficient (Wildman–Crippen LogP) is 1.81. The summed E-state index contributed by atoms with van der Waals surface area (Å²) in [5.41, 5.74) is -0.593. The van der Waals surface area contributed by atoms with Crippen molar-refractivity contribution in [3.63, 3.8) is 0 Å². The Hall–Kier alpha value is -1.79. The van der Waals surface area contributed by atoms with Crippen molar-refractivity contribution in [1.82, 2.24) is 15.5 Å². The van der Waals surface area contributed by atoms with Gasteiger partial charge in [0.1, 0.15) is 11.6 Å². The number of likely N-dealkylation sites (tertiary alicyclic amines) is 1. The highest BCUT2D eigenvalue weighted by molar-refractivity contribution is 5.86. The lowest BCUT2D eigenvalue weighted by molar-refractivity contribution is -0.127. The Morgan fingerprint density at radius 3 is 2.46 bits per heavy atom. The summed E-state index contributed by atoms with van der Waals surface area (Å²) in [6.45, 7) is 9.96. The van der Waals surface area contributed by atoms with E-state index in [4.69, 9.17) is 4.74 Å². The molecule has 1 aliphatic rings. The number of piperidine rings is 1. The van der Waals surface area contributed by atoms with Crippen LogP contribution in [0.3, 0.4) is 0 Å². The van der Waals surface area contributed by atoms with E-state index < -0.39 is 17.7 Å². The molecule has 0 aromatic rings. The van der Waals surface area contributed by atoms with Gasteiger partial charge < -0.3 is 15.4 Å². The summed E-state index contributed by atoms with van der Waals surface area (Å²) in [5.74, 6) is -0.323. The topological polar surface area (TPSA) is 87.7 Å². The zero-order valence-electron chi connectivity index (χ0n) is 15.5. The van der Waals surface area contributed by atoms with E-state index in [-0.39, 0.29) is 30.8 Å². The zero-order valence-corrected chi connectivity index (χ0v) is 15.5. The van der Waals surface area contributed by atoms with Gasteiger partial charge in [0.25, 0.3) is 0 Å². The third-order valence-corrected chi connectivity index (χ3v) is 3.53. The summed E-state index contributed by atoms with van der Waals surface area (Å²) >= 11 is 0. The van der Waals surface area contributed by atoms with E-state index in [1.165, 1.54) is 4.90 Å². The van der Waals surface area contributed by atoms with Crippen LogP contribution in [-0.2, 0) is 14.3 Å². The number of nitrogens with zero attached hydrogens (tertiary/aromatic N) is 1. The molecule has 138 valence electrons. The SMILES string of the molecule is CC(C)NC(=O)CCNC(=O)[C@H]1CCCCN1C(=O)OC(C)(C)C. The van der Waals surface area contributed by atoms with Crippen molar-refractivity contribution in [2.45, 2.75) is 78.0 Å². The van der Waals surface area contributed by atoms with E-state index in [1.807, 2.05) is 13.8 Å². The van der Waals surface area contributed by atoms with Gasteiger partial charge in [-0.3, -0.25) is 14.5 Å². The van der Waals surface area contributed by atoms with Crippen LogP contribution in [0, 0.1) is 0 Å². The largest absolute Gasteiger partial charge is 0.444 e. The lowest BCUT2D eigenvalue weighted by Gasteiger charge is -2.35. The van der Waals surface area contributed by atoms with E-state index in [0.29, 0.717) is 13.0 Å². The Labute approximate surface area is 144 Å². The first-order chi connectivity index (χ1) is 11.1. The molecule has 3 amide bonds. The van der Waals surface area contributed by atoms with E-state index >= 15 is 0 Å². The molecule has 1 aliphatic heterocycles. The number of ether oxygens (including phenoxy) is 1. The lowest BCUT2D eigenvalue weighted by atomic mass is 10.0. The smallest absolute Gasteiger partial charge is 0.410 e. The highest BCUT2D eigenvalue weighted by atomic mass is 16.6. The number of rotatable bonds is 5. The molecule has 24 heavy (non-hydrogen) atoms. The van der Waals surface area contributed by atoms with Crippen LogP contribution in [-0.4, -0.2) is 53.6 Å². The molecule has 1 fully saturated rings. The second-order valence-corrected chi connectivity index (χ2v) is 7.45. The normalized spacial score (nSPS) is 18.2. The molecule has 0 bridgehead atoms. The van der Waals surface area contributed by atoms with Crippen LogP contribution in [0.25, 0.3) is 0 Å². The first kappa shape index (κ1) is 20.3. The molecule has 7 nitrogen and oxygen atoms in total. The standard InChI is InChI=1S/C17H31N3O4/c1-12(2)19-14(21)9-10-18-15(22)13-8-6-7-11-20(13)16(23)24-17(3,4)5/h12-13H,6-11H2,1-5H3,(H,18,22)(H,19,21)/t13-/m1/s1. The number of carbonyl (C=O) groups excluding carboxylic acids is 3. The maximum atomic E-state index is 12.4. The molecule has 1 heterocycles. The van der Waals surface area contributed by atoms with E-state index in [2.05, 4.69) is 10.6 Å². The Bertz CT molecular complexity index is 457. The van der Waals surface area contributed by atoms with Crippen molar-refractivity contribution in [1.29, 1.82) is 0 Å². The second-order valence-electron chi connectivity index (χ2n) is 7.45. The summed E-state index contributed by atoms with van der Waals surface area (Å²) in [5, 5.41) is 5.53. The molecule has 1 rings (SSSR count). The number of amides is 3. The van der Waals surface area contributed by atoms with E-state index in [1.54, 1.807) is 20.8 Å². The second kappa shape index (κ2) is 8.89. The Morgan fingerprint density at radius 1 is 1.21 bits per heavy atom. The molecule has 0 unspecified atom stereocenters.